The maximum atomic E-state index is 12.5. The standard InChI is InChI=1S/C11H15F3O4/c1-4-18-9(17)6-7(15)5-8(16)10(2,3)11(12,13)14/h4-6H2,1-3H3. The van der Waals surface area contributed by atoms with Crippen molar-refractivity contribution in [2.45, 2.75) is 39.8 Å². The lowest BCUT2D eigenvalue weighted by Crippen LogP contribution is -2.40. The molecule has 0 spiro atoms. The first-order valence-corrected chi connectivity index (χ1v) is 5.29. The van der Waals surface area contributed by atoms with Crippen LogP contribution in [0.15, 0.2) is 0 Å². The molecule has 104 valence electrons. The Kier molecular flexibility index (Phi) is 5.51. The van der Waals surface area contributed by atoms with E-state index in [0.717, 1.165) is 0 Å². The number of carbonyl (C=O) groups excluding carboxylic acids is 3. The number of alkyl halides is 3. The molecule has 0 heterocycles. The van der Waals surface area contributed by atoms with Gasteiger partial charge in [0.15, 0.2) is 11.6 Å². The first-order valence-electron chi connectivity index (χ1n) is 5.29. The number of rotatable bonds is 6. The van der Waals surface area contributed by atoms with Crippen molar-refractivity contribution in [3.8, 4) is 0 Å². The van der Waals surface area contributed by atoms with E-state index in [1.807, 2.05) is 0 Å². The van der Waals surface area contributed by atoms with Crippen LogP contribution < -0.4 is 0 Å². The average molecular weight is 268 g/mol. The van der Waals surface area contributed by atoms with Crippen LogP contribution in [0.4, 0.5) is 13.2 Å². The van der Waals surface area contributed by atoms with Crippen LogP contribution in [0.1, 0.15) is 33.6 Å². The number of hydrogen-bond donors (Lipinski definition) is 0. The van der Waals surface area contributed by atoms with Crippen LogP contribution >= 0.6 is 0 Å². The second-order valence-electron chi connectivity index (χ2n) is 4.24. The van der Waals surface area contributed by atoms with Crippen LogP contribution in [0, 0.1) is 5.41 Å². The molecule has 0 bridgehead atoms. The number of hydrogen-bond acceptors (Lipinski definition) is 4. The number of Topliss-reactive ketones (excluding diaryl/α,β-unsaturated/α-hetero) is 2. The topological polar surface area (TPSA) is 60.4 Å². The molecule has 4 nitrogen and oxygen atoms in total. The van der Waals surface area contributed by atoms with Gasteiger partial charge < -0.3 is 4.74 Å². The summed E-state index contributed by atoms with van der Waals surface area (Å²) in [7, 11) is 0. The molecule has 0 unspecified atom stereocenters. The smallest absolute Gasteiger partial charge is 0.400 e. The van der Waals surface area contributed by atoms with Gasteiger partial charge in [0.2, 0.25) is 0 Å². The lowest BCUT2D eigenvalue weighted by Gasteiger charge is -2.25. The van der Waals surface area contributed by atoms with E-state index >= 15 is 0 Å². The molecule has 0 aromatic rings. The van der Waals surface area contributed by atoms with Gasteiger partial charge in [-0.1, -0.05) is 0 Å². The SMILES string of the molecule is CCOC(=O)CC(=O)CC(=O)C(C)(C)C(F)(F)F. The largest absolute Gasteiger partial charge is 0.466 e. The quantitative estimate of drug-likeness (QED) is 0.546. The van der Waals surface area contributed by atoms with E-state index in [4.69, 9.17) is 0 Å². The Hall–Kier alpha value is -1.40. The van der Waals surface area contributed by atoms with Crippen LogP contribution in [0.25, 0.3) is 0 Å². The van der Waals surface area contributed by atoms with Gasteiger partial charge in [-0.25, -0.2) is 0 Å². The highest BCUT2D eigenvalue weighted by Gasteiger charge is 2.52. The Balaban J connectivity index is 4.50. The highest BCUT2D eigenvalue weighted by atomic mass is 19.4. The summed E-state index contributed by atoms with van der Waals surface area (Å²) in [5.74, 6) is -2.99. The zero-order chi connectivity index (χ0) is 14.6. The summed E-state index contributed by atoms with van der Waals surface area (Å²) in [6.45, 7) is 2.99. The predicted molar refractivity (Wildman–Crippen MR) is 55.7 cm³/mol. The van der Waals surface area contributed by atoms with Gasteiger partial charge in [0.05, 0.1) is 13.0 Å². The molecule has 0 saturated carbocycles. The van der Waals surface area contributed by atoms with Crippen molar-refractivity contribution in [1.82, 2.24) is 0 Å². The van der Waals surface area contributed by atoms with E-state index in [2.05, 4.69) is 4.74 Å². The van der Waals surface area contributed by atoms with E-state index in [0.29, 0.717) is 13.8 Å². The maximum Gasteiger partial charge on any atom is 0.400 e. The van der Waals surface area contributed by atoms with Crippen molar-refractivity contribution in [3.05, 3.63) is 0 Å². The van der Waals surface area contributed by atoms with Gasteiger partial charge in [0.25, 0.3) is 0 Å². The van der Waals surface area contributed by atoms with Gasteiger partial charge in [-0.2, -0.15) is 13.2 Å². The van der Waals surface area contributed by atoms with Gasteiger partial charge >= 0.3 is 12.1 Å². The van der Waals surface area contributed by atoms with Gasteiger partial charge in [0.1, 0.15) is 11.8 Å². The molecule has 7 heteroatoms. The Morgan fingerprint density at radius 3 is 1.94 bits per heavy atom. The van der Waals surface area contributed by atoms with E-state index in [1.54, 1.807) is 0 Å². The molecule has 0 N–H and O–H groups in total. The fourth-order valence-corrected chi connectivity index (χ4v) is 0.994. The van der Waals surface area contributed by atoms with Gasteiger partial charge in [-0.3, -0.25) is 14.4 Å². The van der Waals surface area contributed by atoms with Crippen LogP contribution in [0.2, 0.25) is 0 Å². The highest BCUT2D eigenvalue weighted by molar-refractivity contribution is 6.07. The van der Waals surface area contributed by atoms with Gasteiger partial charge in [-0.15, -0.1) is 0 Å². The molecule has 0 atom stereocenters. The summed E-state index contributed by atoms with van der Waals surface area (Å²) in [4.78, 5) is 33.5. The Morgan fingerprint density at radius 2 is 1.56 bits per heavy atom. The van der Waals surface area contributed by atoms with Crippen LogP contribution in [0.5, 0.6) is 0 Å². The minimum absolute atomic E-state index is 0.0636. The van der Waals surface area contributed by atoms with Crippen LogP contribution in [0.3, 0.4) is 0 Å². The van der Waals surface area contributed by atoms with Crippen molar-refractivity contribution in [2.24, 2.45) is 5.41 Å². The third-order valence-corrected chi connectivity index (χ3v) is 2.41. The van der Waals surface area contributed by atoms with E-state index in [9.17, 15) is 27.6 Å². The highest BCUT2D eigenvalue weighted by Crippen LogP contribution is 2.39. The molecule has 0 aliphatic rings. The molecular formula is C11H15F3O4. The van der Waals surface area contributed by atoms with Crippen molar-refractivity contribution in [3.63, 3.8) is 0 Å². The molecule has 0 fully saturated rings. The predicted octanol–water partition coefficient (Wildman–Crippen LogP) is 2.06. The number of carbonyl (C=O) groups is 3. The monoisotopic (exact) mass is 268 g/mol. The van der Waals surface area contributed by atoms with Crippen molar-refractivity contribution >= 4 is 17.5 Å². The second kappa shape index (κ2) is 5.97. The normalized spacial score (nSPS) is 12.1. The summed E-state index contributed by atoms with van der Waals surface area (Å²) in [5.41, 5.74) is -2.60. The lowest BCUT2D eigenvalue weighted by atomic mass is 9.84. The summed E-state index contributed by atoms with van der Waals surface area (Å²) >= 11 is 0. The van der Waals surface area contributed by atoms with Crippen molar-refractivity contribution in [1.29, 1.82) is 0 Å². The Labute approximate surface area is 102 Å². The molecular weight excluding hydrogens is 253 g/mol. The zero-order valence-electron chi connectivity index (χ0n) is 10.4. The molecule has 0 aromatic heterocycles. The molecule has 0 rings (SSSR count). The number of ketones is 2. The van der Waals surface area contributed by atoms with Gasteiger partial charge in [0, 0.05) is 0 Å². The van der Waals surface area contributed by atoms with Crippen LogP contribution in [-0.2, 0) is 19.1 Å². The van der Waals surface area contributed by atoms with Gasteiger partial charge in [-0.05, 0) is 20.8 Å². The minimum Gasteiger partial charge on any atom is -0.466 e. The van der Waals surface area contributed by atoms with E-state index in [1.165, 1.54) is 6.92 Å². The van der Waals surface area contributed by atoms with Crippen molar-refractivity contribution in [2.75, 3.05) is 6.61 Å². The lowest BCUT2D eigenvalue weighted by molar-refractivity contribution is -0.209. The average Bonchev–Trinajstić information content (AvgIpc) is 2.15. The first-order chi connectivity index (χ1) is 8.02. The summed E-state index contributed by atoms with van der Waals surface area (Å²) < 4.78 is 41.9. The molecule has 0 aromatic carbocycles. The minimum atomic E-state index is -4.73. The molecule has 0 saturated heterocycles. The summed E-state index contributed by atoms with van der Waals surface area (Å²) in [6.07, 6.45) is -6.34. The summed E-state index contributed by atoms with van der Waals surface area (Å²) in [6, 6.07) is 0. The number of esters is 1. The number of halogens is 3. The molecule has 18 heavy (non-hydrogen) atoms. The molecule has 0 radical (unpaired) electrons. The maximum absolute atomic E-state index is 12.5. The second-order valence-corrected chi connectivity index (χ2v) is 4.24. The molecule has 0 aliphatic heterocycles. The third kappa shape index (κ3) is 4.46. The fourth-order valence-electron chi connectivity index (χ4n) is 0.994. The first kappa shape index (κ1) is 16.6. The van der Waals surface area contributed by atoms with Crippen molar-refractivity contribution < 1.29 is 32.3 Å². The zero-order valence-corrected chi connectivity index (χ0v) is 10.4. The summed E-state index contributed by atoms with van der Waals surface area (Å²) in [5, 5.41) is 0. The van der Waals surface area contributed by atoms with E-state index in [-0.39, 0.29) is 6.61 Å². The molecule has 0 aliphatic carbocycles. The third-order valence-electron chi connectivity index (χ3n) is 2.41. The number of ether oxygens (including phenoxy) is 1. The fraction of sp³-hybridized carbons (Fsp3) is 0.727. The molecule has 0 amide bonds. The Morgan fingerprint density at radius 1 is 1.06 bits per heavy atom. The van der Waals surface area contributed by atoms with E-state index < -0.39 is 42.0 Å². The van der Waals surface area contributed by atoms with Crippen LogP contribution in [-0.4, -0.2) is 30.3 Å². The Bertz CT molecular complexity index is 345.